The second-order valence-electron chi connectivity index (χ2n) is 6.95. The van der Waals surface area contributed by atoms with Crippen LogP contribution in [0.4, 0.5) is 0 Å². The van der Waals surface area contributed by atoms with Crippen LogP contribution in [0.25, 0.3) is 0 Å². The summed E-state index contributed by atoms with van der Waals surface area (Å²) < 4.78 is 13.2. The zero-order valence-corrected chi connectivity index (χ0v) is 15.2. The Morgan fingerprint density at radius 2 is 2.15 bits per heavy atom. The van der Waals surface area contributed by atoms with E-state index >= 15 is 0 Å². The third kappa shape index (κ3) is 3.19. The highest BCUT2D eigenvalue weighted by atomic mass is 16.5. The molecule has 0 radical (unpaired) electrons. The molecule has 0 unspecified atom stereocenters. The first kappa shape index (κ1) is 17.0. The van der Waals surface area contributed by atoms with Crippen molar-refractivity contribution in [2.45, 2.75) is 39.0 Å². The third-order valence-corrected chi connectivity index (χ3v) is 5.13. The minimum absolute atomic E-state index is 0.0803. The van der Waals surface area contributed by atoms with Gasteiger partial charge in [0.15, 0.2) is 0 Å². The first-order valence-corrected chi connectivity index (χ1v) is 9.11. The van der Waals surface area contributed by atoms with Gasteiger partial charge in [-0.1, -0.05) is 0 Å². The van der Waals surface area contributed by atoms with Crippen molar-refractivity contribution in [2.24, 2.45) is 5.92 Å². The SMILES string of the molecule is COc1ncccc1C(=O)N1CCn2c(COCC3CC3)cnc2[C@H]1C. The number of aromatic nitrogens is 3. The largest absolute Gasteiger partial charge is 0.480 e. The molecule has 0 aromatic carbocycles. The van der Waals surface area contributed by atoms with Gasteiger partial charge in [0.2, 0.25) is 5.88 Å². The van der Waals surface area contributed by atoms with Gasteiger partial charge in [-0.05, 0) is 37.8 Å². The van der Waals surface area contributed by atoms with Crippen molar-refractivity contribution in [3.63, 3.8) is 0 Å². The van der Waals surface area contributed by atoms with Crippen LogP contribution in [0, 0.1) is 5.92 Å². The monoisotopic (exact) mass is 356 g/mol. The Kier molecular flexibility index (Phi) is 4.63. The normalized spacial score (nSPS) is 19.3. The molecule has 1 amide bonds. The predicted molar refractivity (Wildman–Crippen MR) is 94.8 cm³/mol. The zero-order chi connectivity index (χ0) is 18.1. The molecule has 1 aliphatic carbocycles. The van der Waals surface area contributed by atoms with Gasteiger partial charge in [-0.15, -0.1) is 0 Å². The van der Waals surface area contributed by atoms with E-state index in [-0.39, 0.29) is 11.9 Å². The van der Waals surface area contributed by atoms with Crippen LogP contribution in [0.1, 0.15) is 47.7 Å². The first-order valence-electron chi connectivity index (χ1n) is 9.11. The molecule has 7 nitrogen and oxygen atoms in total. The number of hydrogen-bond donors (Lipinski definition) is 0. The number of methoxy groups -OCH3 is 1. The van der Waals surface area contributed by atoms with Crippen LogP contribution in [-0.4, -0.2) is 45.6 Å². The average molecular weight is 356 g/mol. The van der Waals surface area contributed by atoms with E-state index in [1.807, 2.05) is 18.0 Å². The fraction of sp³-hybridized carbons (Fsp3) is 0.526. The number of rotatable bonds is 6. The van der Waals surface area contributed by atoms with Gasteiger partial charge in [0.25, 0.3) is 5.91 Å². The third-order valence-electron chi connectivity index (χ3n) is 5.13. The molecule has 1 atom stereocenters. The van der Waals surface area contributed by atoms with Gasteiger partial charge in [-0.25, -0.2) is 9.97 Å². The molecule has 2 aromatic rings. The van der Waals surface area contributed by atoms with Crippen LogP contribution in [0.2, 0.25) is 0 Å². The highest BCUT2D eigenvalue weighted by Gasteiger charge is 2.32. The lowest BCUT2D eigenvalue weighted by Gasteiger charge is -2.34. The van der Waals surface area contributed by atoms with Crippen molar-refractivity contribution in [1.82, 2.24) is 19.4 Å². The van der Waals surface area contributed by atoms with Gasteiger partial charge in [0, 0.05) is 25.9 Å². The van der Waals surface area contributed by atoms with Crippen LogP contribution in [-0.2, 0) is 17.9 Å². The van der Waals surface area contributed by atoms with Crippen molar-refractivity contribution < 1.29 is 14.3 Å². The molecule has 2 aromatic heterocycles. The summed E-state index contributed by atoms with van der Waals surface area (Å²) in [5.74, 6) is 1.92. The summed E-state index contributed by atoms with van der Waals surface area (Å²) in [7, 11) is 1.53. The number of amides is 1. The van der Waals surface area contributed by atoms with E-state index in [2.05, 4.69) is 14.5 Å². The van der Waals surface area contributed by atoms with Crippen molar-refractivity contribution in [3.05, 3.63) is 41.6 Å². The molecule has 138 valence electrons. The van der Waals surface area contributed by atoms with E-state index in [1.165, 1.54) is 20.0 Å². The molecule has 4 rings (SSSR count). The minimum atomic E-state index is -0.113. The van der Waals surface area contributed by atoms with Gasteiger partial charge in [0.05, 0.1) is 31.6 Å². The van der Waals surface area contributed by atoms with E-state index in [1.54, 1.807) is 18.3 Å². The summed E-state index contributed by atoms with van der Waals surface area (Å²) in [4.78, 5) is 23.5. The summed E-state index contributed by atoms with van der Waals surface area (Å²) in [5.41, 5.74) is 1.56. The van der Waals surface area contributed by atoms with Crippen LogP contribution in [0.5, 0.6) is 5.88 Å². The number of hydrogen-bond acceptors (Lipinski definition) is 5. The quantitative estimate of drug-likeness (QED) is 0.795. The maximum Gasteiger partial charge on any atom is 0.260 e. The fourth-order valence-corrected chi connectivity index (χ4v) is 3.44. The molecule has 2 aliphatic rings. The van der Waals surface area contributed by atoms with Gasteiger partial charge in [-0.3, -0.25) is 4.79 Å². The van der Waals surface area contributed by atoms with Crippen molar-refractivity contribution in [2.75, 3.05) is 20.3 Å². The van der Waals surface area contributed by atoms with Crippen LogP contribution >= 0.6 is 0 Å². The minimum Gasteiger partial charge on any atom is -0.480 e. The lowest BCUT2D eigenvalue weighted by Crippen LogP contribution is -2.41. The Labute approximate surface area is 152 Å². The smallest absolute Gasteiger partial charge is 0.260 e. The molecule has 0 bridgehead atoms. The van der Waals surface area contributed by atoms with Gasteiger partial charge < -0.3 is 18.9 Å². The van der Waals surface area contributed by atoms with E-state index in [9.17, 15) is 4.79 Å². The zero-order valence-electron chi connectivity index (χ0n) is 15.2. The van der Waals surface area contributed by atoms with Gasteiger partial charge in [0.1, 0.15) is 11.4 Å². The summed E-state index contributed by atoms with van der Waals surface area (Å²) >= 11 is 0. The lowest BCUT2D eigenvalue weighted by molar-refractivity contribution is 0.0622. The molecular formula is C19H24N4O3. The number of carbonyl (C=O) groups is 1. The Balaban J connectivity index is 1.49. The van der Waals surface area contributed by atoms with Gasteiger partial charge >= 0.3 is 0 Å². The Morgan fingerprint density at radius 1 is 1.31 bits per heavy atom. The molecule has 0 spiro atoms. The number of imidazole rings is 1. The molecule has 0 N–H and O–H groups in total. The summed E-state index contributed by atoms with van der Waals surface area (Å²) in [6.07, 6.45) is 6.07. The number of nitrogens with zero attached hydrogens (tertiary/aromatic N) is 4. The molecule has 3 heterocycles. The summed E-state index contributed by atoms with van der Waals surface area (Å²) in [6.45, 7) is 4.77. The van der Waals surface area contributed by atoms with Crippen LogP contribution in [0.3, 0.4) is 0 Å². The molecule has 1 saturated carbocycles. The molecule has 26 heavy (non-hydrogen) atoms. The molecule has 0 saturated heterocycles. The average Bonchev–Trinajstić information content (AvgIpc) is 3.40. The Hall–Kier alpha value is -2.41. The molecule has 7 heteroatoms. The van der Waals surface area contributed by atoms with E-state index < -0.39 is 0 Å². The molecule has 1 aliphatic heterocycles. The second kappa shape index (κ2) is 7.07. The van der Waals surface area contributed by atoms with Crippen molar-refractivity contribution >= 4 is 5.91 Å². The first-order chi connectivity index (χ1) is 12.7. The van der Waals surface area contributed by atoms with E-state index in [4.69, 9.17) is 9.47 Å². The van der Waals surface area contributed by atoms with Crippen LogP contribution in [0.15, 0.2) is 24.5 Å². The molecular weight excluding hydrogens is 332 g/mol. The maximum atomic E-state index is 13.0. The van der Waals surface area contributed by atoms with E-state index in [0.717, 1.165) is 30.6 Å². The second-order valence-corrected chi connectivity index (χ2v) is 6.95. The lowest BCUT2D eigenvalue weighted by atomic mass is 10.1. The number of fused-ring (bicyclic) bond motifs is 1. The Morgan fingerprint density at radius 3 is 2.92 bits per heavy atom. The van der Waals surface area contributed by atoms with Crippen molar-refractivity contribution in [1.29, 1.82) is 0 Å². The number of pyridine rings is 1. The summed E-state index contributed by atoms with van der Waals surface area (Å²) in [5, 5.41) is 0. The van der Waals surface area contributed by atoms with Crippen molar-refractivity contribution in [3.8, 4) is 5.88 Å². The van der Waals surface area contributed by atoms with Crippen LogP contribution < -0.4 is 4.74 Å². The highest BCUT2D eigenvalue weighted by molar-refractivity contribution is 5.96. The standard InChI is InChI=1S/C19H24N4O3/c1-13-17-21-10-15(12-26-11-14-5-6-14)23(17)9-8-22(13)19(24)16-4-3-7-20-18(16)25-2/h3-4,7,10,13-14H,5-6,8-9,11-12H2,1-2H3/t13-/m1/s1. The molecule has 1 fully saturated rings. The number of carbonyl (C=O) groups excluding carboxylic acids is 1. The number of ether oxygens (including phenoxy) is 2. The topological polar surface area (TPSA) is 69.5 Å². The predicted octanol–water partition coefficient (Wildman–Crippen LogP) is 2.43. The van der Waals surface area contributed by atoms with Gasteiger partial charge in [-0.2, -0.15) is 0 Å². The highest BCUT2D eigenvalue weighted by Crippen LogP contribution is 2.30. The van der Waals surface area contributed by atoms with E-state index in [0.29, 0.717) is 24.6 Å². The summed E-state index contributed by atoms with van der Waals surface area (Å²) in [6, 6.07) is 3.39. The Bertz CT molecular complexity index is 800. The maximum absolute atomic E-state index is 13.0. The fourth-order valence-electron chi connectivity index (χ4n) is 3.44.